The van der Waals surface area contributed by atoms with Gasteiger partial charge in [-0.15, -0.1) is 10.2 Å². The molecule has 2 fully saturated rings. The molecule has 0 spiro atoms. The average molecular weight is 370 g/mol. The number of anilines is 2. The molecule has 1 saturated carbocycles. The Balaban J connectivity index is 1.38. The number of hydrogen-bond acceptors (Lipinski definition) is 5. The number of hydrogen-bond donors (Lipinski definition) is 1. The molecule has 6 nitrogen and oxygen atoms in total. The molecule has 2 aromatic rings. The zero-order valence-corrected chi connectivity index (χ0v) is 15.4. The molecular weight excluding hydrogens is 348 g/mol. The van der Waals surface area contributed by atoms with Gasteiger partial charge in [0, 0.05) is 24.6 Å². The van der Waals surface area contributed by atoms with E-state index in [1.165, 1.54) is 30.6 Å². The van der Waals surface area contributed by atoms with Gasteiger partial charge in [0.25, 0.3) is 0 Å². The van der Waals surface area contributed by atoms with Gasteiger partial charge in [-0.3, -0.25) is 9.59 Å². The van der Waals surface area contributed by atoms with Crippen LogP contribution in [-0.2, 0) is 9.59 Å². The third kappa shape index (κ3) is 3.62. The minimum atomic E-state index is -0.357. The molecule has 4 rings (SSSR count). The lowest BCUT2D eigenvalue weighted by molar-refractivity contribution is -0.122. The summed E-state index contributed by atoms with van der Waals surface area (Å²) in [5.41, 5.74) is 0.836. The summed E-state index contributed by atoms with van der Waals surface area (Å²) >= 11 is 1.47. The van der Waals surface area contributed by atoms with Crippen LogP contribution in [0.4, 0.5) is 10.8 Å². The van der Waals surface area contributed by atoms with E-state index in [0.717, 1.165) is 23.5 Å². The van der Waals surface area contributed by atoms with E-state index >= 15 is 0 Å². The fourth-order valence-electron chi connectivity index (χ4n) is 3.75. The molecule has 26 heavy (non-hydrogen) atoms. The predicted molar refractivity (Wildman–Crippen MR) is 101 cm³/mol. The normalized spacial score (nSPS) is 21.2. The van der Waals surface area contributed by atoms with E-state index in [2.05, 4.69) is 15.5 Å². The Morgan fingerprint density at radius 3 is 2.65 bits per heavy atom. The van der Waals surface area contributed by atoms with E-state index in [0.29, 0.717) is 17.6 Å². The molecule has 7 heteroatoms. The van der Waals surface area contributed by atoms with E-state index < -0.39 is 0 Å². The second kappa shape index (κ2) is 7.53. The van der Waals surface area contributed by atoms with E-state index in [9.17, 15) is 9.59 Å². The molecule has 0 radical (unpaired) electrons. The number of carbonyl (C=O) groups excluding carboxylic acids is 2. The van der Waals surface area contributed by atoms with Crippen LogP contribution in [0.5, 0.6) is 0 Å². The van der Waals surface area contributed by atoms with Crippen LogP contribution in [0.3, 0.4) is 0 Å². The van der Waals surface area contributed by atoms with Crippen molar-refractivity contribution in [1.82, 2.24) is 10.2 Å². The van der Waals surface area contributed by atoms with Crippen molar-refractivity contribution in [2.45, 2.75) is 44.4 Å². The second-order valence-electron chi connectivity index (χ2n) is 7.01. The zero-order valence-electron chi connectivity index (χ0n) is 14.6. The number of amides is 2. The van der Waals surface area contributed by atoms with Crippen molar-refractivity contribution in [1.29, 1.82) is 0 Å². The molecule has 136 valence electrons. The predicted octanol–water partition coefficient (Wildman–Crippen LogP) is 3.58. The maximum atomic E-state index is 12.6. The monoisotopic (exact) mass is 370 g/mol. The number of aromatic nitrogens is 2. The molecule has 1 aliphatic carbocycles. The van der Waals surface area contributed by atoms with Gasteiger partial charge in [-0.2, -0.15) is 0 Å². The fraction of sp³-hybridized carbons (Fsp3) is 0.474. The van der Waals surface area contributed by atoms with Crippen LogP contribution in [0, 0.1) is 5.92 Å². The lowest BCUT2D eigenvalue weighted by Gasteiger charge is -2.18. The van der Waals surface area contributed by atoms with Gasteiger partial charge in [0.05, 0.1) is 5.92 Å². The highest BCUT2D eigenvalue weighted by molar-refractivity contribution is 7.15. The van der Waals surface area contributed by atoms with Crippen LogP contribution >= 0.6 is 11.3 Å². The third-order valence-electron chi connectivity index (χ3n) is 5.19. The summed E-state index contributed by atoms with van der Waals surface area (Å²) in [6.07, 6.45) is 6.33. The lowest BCUT2D eigenvalue weighted by atomic mass is 9.90. The molecule has 0 unspecified atom stereocenters. The summed E-state index contributed by atoms with van der Waals surface area (Å²) in [5, 5.41) is 12.8. The lowest BCUT2D eigenvalue weighted by Crippen LogP contribution is -2.28. The number of benzene rings is 1. The maximum Gasteiger partial charge on any atom is 0.231 e. The number of carbonyl (C=O) groups is 2. The van der Waals surface area contributed by atoms with Crippen LogP contribution in [0.1, 0.15) is 49.5 Å². The molecule has 2 aliphatic rings. The second-order valence-corrected chi connectivity index (χ2v) is 8.02. The number of para-hydroxylation sites is 1. The first kappa shape index (κ1) is 17.1. The average Bonchev–Trinajstić information content (AvgIpc) is 3.30. The Morgan fingerprint density at radius 2 is 1.88 bits per heavy atom. The Hall–Kier alpha value is -2.28. The van der Waals surface area contributed by atoms with Gasteiger partial charge in [0.1, 0.15) is 5.01 Å². The van der Waals surface area contributed by atoms with Crippen LogP contribution in [-0.4, -0.2) is 28.6 Å². The van der Waals surface area contributed by atoms with Crippen molar-refractivity contribution in [2.24, 2.45) is 5.92 Å². The number of rotatable bonds is 4. The van der Waals surface area contributed by atoms with E-state index in [4.69, 9.17) is 0 Å². The SMILES string of the molecule is O=C(Nc1nnc(C2CCCCC2)s1)[C@@H]1CC(=O)N(c2ccccc2)C1. The van der Waals surface area contributed by atoms with Gasteiger partial charge in [0.2, 0.25) is 16.9 Å². The quantitative estimate of drug-likeness (QED) is 0.893. The first-order chi connectivity index (χ1) is 12.7. The van der Waals surface area contributed by atoms with E-state index in [-0.39, 0.29) is 24.2 Å². The Morgan fingerprint density at radius 1 is 1.12 bits per heavy atom. The molecule has 1 aromatic carbocycles. The smallest absolute Gasteiger partial charge is 0.231 e. The molecule has 1 atom stereocenters. The van der Waals surface area contributed by atoms with Crippen LogP contribution in [0.25, 0.3) is 0 Å². The van der Waals surface area contributed by atoms with Gasteiger partial charge in [-0.1, -0.05) is 48.8 Å². The van der Waals surface area contributed by atoms with Gasteiger partial charge in [0.15, 0.2) is 0 Å². The van der Waals surface area contributed by atoms with Crippen molar-refractivity contribution < 1.29 is 9.59 Å². The summed E-state index contributed by atoms with van der Waals surface area (Å²) in [7, 11) is 0. The van der Waals surface area contributed by atoms with Crippen molar-refractivity contribution in [3.63, 3.8) is 0 Å². The molecule has 2 heterocycles. The fourth-order valence-corrected chi connectivity index (χ4v) is 4.66. The molecule has 1 saturated heterocycles. The highest BCUT2D eigenvalue weighted by Gasteiger charge is 2.35. The van der Waals surface area contributed by atoms with Crippen molar-refractivity contribution in [2.75, 3.05) is 16.8 Å². The first-order valence-corrected chi connectivity index (χ1v) is 10.0. The van der Waals surface area contributed by atoms with E-state index in [1.54, 1.807) is 4.90 Å². The van der Waals surface area contributed by atoms with Crippen molar-refractivity contribution >= 4 is 34.0 Å². The molecule has 1 aromatic heterocycles. The number of nitrogens with zero attached hydrogens (tertiary/aromatic N) is 3. The van der Waals surface area contributed by atoms with Crippen LogP contribution < -0.4 is 10.2 Å². The minimum Gasteiger partial charge on any atom is -0.312 e. The summed E-state index contributed by atoms with van der Waals surface area (Å²) in [5.74, 6) is -0.0436. The Bertz CT molecular complexity index is 786. The van der Waals surface area contributed by atoms with E-state index in [1.807, 2.05) is 30.3 Å². The Labute approximate surface area is 156 Å². The van der Waals surface area contributed by atoms with Crippen molar-refractivity contribution in [3.8, 4) is 0 Å². The molecule has 1 aliphatic heterocycles. The highest BCUT2D eigenvalue weighted by atomic mass is 32.1. The molecule has 1 N–H and O–H groups in total. The number of nitrogens with one attached hydrogen (secondary N) is 1. The van der Waals surface area contributed by atoms with Crippen LogP contribution in [0.2, 0.25) is 0 Å². The largest absolute Gasteiger partial charge is 0.312 e. The van der Waals surface area contributed by atoms with Crippen molar-refractivity contribution in [3.05, 3.63) is 35.3 Å². The maximum absolute atomic E-state index is 12.6. The first-order valence-electron chi connectivity index (χ1n) is 9.20. The standard InChI is InChI=1S/C19H22N4O2S/c24-16-11-14(12-23(16)15-9-5-2-6-10-15)17(25)20-19-22-21-18(26-19)13-7-3-1-4-8-13/h2,5-6,9-10,13-14H,1,3-4,7-8,11-12H2,(H,20,22,25)/t14-/m1/s1. The minimum absolute atomic E-state index is 0.0171. The summed E-state index contributed by atoms with van der Waals surface area (Å²) in [6, 6.07) is 9.47. The van der Waals surface area contributed by atoms with Crippen LogP contribution in [0.15, 0.2) is 30.3 Å². The van der Waals surface area contributed by atoms with Gasteiger partial charge in [-0.05, 0) is 25.0 Å². The highest BCUT2D eigenvalue weighted by Crippen LogP contribution is 2.35. The van der Waals surface area contributed by atoms with Gasteiger partial charge < -0.3 is 10.2 Å². The topological polar surface area (TPSA) is 75.2 Å². The summed E-state index contributed by atoms with van der Waals surface area (Å²) < 4.78 is 0. The molecule has 2 amide bonds. The summed E-state index contributed by atoms with van der Waals surface area (Å²) in [6.45, 7) is 0.406. The Kier molecular flexibility index (Phi) is 4.97. The summed E-state index contributed by atoms with van der Waals surface area (Å²) in [4.78, 5) is 26.5. The van der Waals surface area contributed by atoms with Gasteiger partial charge >= 0.3 is 0 Å². The van der Waals surface area contributed by atoms with Gasteiger partial charge in [-0.25, -0.2) is 0 Å². The third-order valence-corrected chi connectivity index (χ3v) is 6.19. The zero-order chi connectivity index (χ0) is 17.9. The molecular formula is C19H22N4O2S. The molecule has 0 bridgehead atoms.